The zero-order valence-electron chi connectivity index (χ0n) is 9.98. The van der Waals surface area contributed by atoms with E-state index in [4.69, 9.17) is 10.5 Å². The van der Waals surface area contributed by atoms with Crippen molar-refractivity contribution in [2.45, 2.75) is 12.8 Å². The van der Waals surface area contributed by atoms with Gasteiger partial charge in [0.05, 0.1) is 12.9 Å². The molecule has 0 amide bonds. The van der Waals surface area contributed by atoms with E-state index in [0.29, 0.717) is 11.7 Å². The highest BCUT2D eigenvalue weighted by molar-refractivity contribution is 5.60. The minimum atomic E-state index is -0.290. The molecule has 1 aromatic heterocycles. The lowest BCUT2D eigenvalue weighted by Gasteiger charge is -2.28. The Kier molecular flexibility index (Phi) is 3.63. The minimum Gasteiger partial charge on any atom is -0.391 e. The van der Waals surface area contributed by atoms with E-state index in [0.717, 1.165) is 32.6 Å². The molecule has 1 aromatic rings. The SMILES string of the molecule is CN(CC1CCCOC1)c1nc[nH]c(=O)c1N. The van der Waals surface area contributed by atoms with Crippen LogP contribution in [0.25, 0.3) is 0 Å². The highest BCUT2D eigenvalue weighted by Crippen LogP contribution is 2.19. The van der Waals surface area contributed by atoms with Crippen molar-refractivity contribution in [1.29, 1.82) is 0 Å². The van der Waals surface area contributed by atoms with Gasteiger partial charge in [0, 0.05) is 20.2 Å². The summed E-state index contributed by atoms with van der Waals surface area (Å²) >= 11 is 0. The molecule has 1 atom stereocenters. The fraction of sp³-hybridized carbons (Fsp3) is 0.636. The van der Waals surface area contributed by atoms with Crippen LogP contribution in [0.2, 0.25) is 0 Å². The molecule has 94 valence electrons. The molecule has 0 aliphatic carbocycles. The van der Waals surface area contributed by atoms with E-state index in [1.807, 2.05) is 11.9 Å². The Hall–Kier alpha value is -1.56. The van der Waals surface area contributed by atoms with Crippen molar-refractivity contribution in [3.63, 3.8) is 0 Å². The van der Waals surface area contributed by atoms with Crippen LogP contribution in [-0.4, -0.2) is 36.8 Å². The largest absolute Gasteiger partial charge is 0.391 e. The Morgan fingerprint density at radius 1 is 1.71 bits per heavy atom. The molecule has 0 spiro atoms. The average Bonchev–Trinajstić information content (AvgIpc) is 2.34. The van der Waals surface area contributed by atoms with Gasteiger partial charge in [-0.1, -0.05) is 0 Å². The van der Waals surface area contributed by atoms with Crippen LogP contribution >= 0.6 is 0 Å². The lowest BCUT2D eigenvalue weighted by atomic mass is 10.0. The number of rotatable bonds is 3. The molecular formula is C11H18N4O2. The Labute approximate surface area is 99.8 Å². The first-order chi connectivity index (χ1) is 8.18. The molecule has 2 rings (SSSR count). The highest BCUT2D eigenvalue weighted by Gasteiger charge is 2.18. The summed E-state index contributed by atoms with van der Waals surface area (Å²) in [5, 5.41) is 0. The first-order valence-corrected chi connectivity index (χ1v) is 5.80. The van der Waals surface area contributed by atoms with Crippen LogP contribution < -0.4 is 16.2 Å². The van der Waals surface area contributed by atoms with Gasteiger partial charge in [0.2, 0.25) is 0 Å². The summed E-state index contributed by atoms with van der Waals surface area (Å²) in [5.41, 5.74) is 5.59. The molecule has 1 saturated heterocycles. The van der Waals surface area contributed by atoms with Crippen molar-refractivity contribution in [3.05, 3.63) is 16.7 Å². The smallest absolute Gasteiger partial charge is 0.276 e. The monoisotopic (exact) mass is 238 g/mol. The summed E-state index contributed by atoms with van der Waals surface area (Å²) in [6.07, 6.45) is 3.62. The fourth-order valence-corrected chi connectivity index (χ4v) is 2.13. The van der Waals surface area contributed by atoms with Crippen molar-refractivity contribution in [2.75, 3.05) is 37.4 Å². The average molecular weight is 238 g/mol. The third-order valence-corrected chi connectivity index (χ3v) is 3.02. The van der Waals surface area contributed by atoms with E-state index < -0.39 is 0 Å². The van der Waals surface area contributed by atoms with Crippen LogP contribution in [0.4, 0.5) is 11.5 Å². The second-order valence-electron chi connectivity index (χ2n) is 4.43. The second-order valence-corrected chi connectivity index (χ2v) is 4.43. The third kappa shape index (κ3) is 2.76. The van der Waals surface area contributed by atoms with Crippen LogP contribution in [0.5, 0.6) is 0 Å². The number of anilines is 2. The number of H-pyrrole nitrogens is 1. The van der Waals surface area contributed by atoms with Crippen LogP contribution in [0.15, 0.2) is 11.1 Å². The lowest BCUT2D eigenvalue weighted by Crippen LogP contribution is -2.32. The lowest BCUT2D eigenvalue weighted by molar-refractivity contribution is 0.0576. The summed E-state index contributed by atoms with van der Waals surface area (Å²) in [4.78, 5) is 19.8. The number of aromatic nitrogens is 2. The van der Waals surface area contributed by atoms with Crippen molar-refractivity contribution < 1.29 is 4.74 Å². The molecule has 1 aliphatic heterocycles. The van der Waals surface area contributed by atoms with Crippen molar-refractivity contribution >= 4 is 11.5 Å². The molecule has 6 nitrogen and oxygen atoms in total. The molecule has 1 aliphatic rings. The second kappa shape index (κ2) is 5.18. The van der Waals surface area contributed by atoms with Gasteiger partial charge < -0.3 is 20.4 Å². The van der Waals surface area contributed by atoms with E-state index in [1.165, 1.54) is 6.33 Å². The van der Waals surface area contributed by atoms with E-state index in [9.17, 15) is 4.79 Å². The number of nitrogen functional groups attached to an aromatic ring is 1. The zero-order chi connectivity index (χ0) is 12.3. The molecule has 0 saturated carbocycles. The summed E-state index contributed by atoms with van der Waals surface area (Å²) in [6.45, 7) is 2.43. The summed E-state index contributed by atoms with van der Waals surface area (Å²) in [5.74, 6) is 1.02. The van der Waals surface area contributed by atoms with Crippen LogP contribution in [0.1, 0.15) is 12.8 Å². The zero-order valence-corrected chi connectivity index (χ0v) is 9.98. The number of nitrogens with one attached hydrogen (secondary N) is 1. The van der Waals surface area contributed by atoms with E-state index in [-0.39, 0.29) is 11.2 Å². The fourth-order valence-electron chi connectivity index (χ4n) is 2.13. The molecule has 2 heterocycles. The predicted molar refractivity (Wildman–Crippen MR) is 66.1 cm³/mol. The van der Waals surface area contributed by atoms with Gasteiger partial charge in [-0.3, -0.25) is 4.79 Å². The van der Waals surface area contributed by atoms with Gasteiger partial charge >= 0.3 is 0 Å². The van der Waals surface area contributed by atoms with Gasteiger partial charge in [0.1, 0.15) is 5.69 Å². The van der Waals surface area contributed by atoms with Crippen molar-refractivity contribution in [1.82, 2.24) is 9.97 Å². The number of ether oxygens (including phenoxy) is 1. The minimum absolute atomic E-state index is 0.173. The molecule has 6 heteroatoms. The van der Waals surface area contributed by atoms with Crippen molar-refractivity contribution in [2.24, 2.45) is 5.92 Å². The van der Waals surface area contributed by atoms with Crippen LogP contribution in [0, 0.1) is 5.92 Å². The van der Waals surface area contributed by atoms with E-state index in [2.05, 4.69) is 9.97 Å². The molecule has 3 N–H and O–H groups in total. The summed E-state index contributed by atoms with van der Waals surface area (Å²) in [6, 6.07) is 0. The number of nitrogens with zero attached hydrogens (tertiary/aromatic N) is 2. The van der Waals surface area contributed by atoms with Gasteiger partial charge in [0.15, 0.2) is 5.82 Å². The van der Waals surface area contributed by atoms with Crippen molar-refractivity contribution in [3.8, 4) is 0 Å². The Morgan fingerprint density at radius 2 is 2.53 bits per heavy atom. The van der Waals surface area contributed by atoms with Crippen LogP contribution in [0.3, 0.4) is 0 Å². The molecule has 0 aromatic carbocycles. The number of hydrogen-bond acceptors (Lipinski definition) is 5. The first kappa shape index (κ1) is 11.9. The molecule has 1 unspecified atom stereocenters. The maximum Gasteiger partial charge on any atom is 0.276 e. The van der Waals surface area contributed by atoms with E-state index >= 15 is 0 Å². The number of nitrogens with two attached hydrogens (primary N) is 1. The number of aromatic amines is 1. The molecular weight excluding hydrogens is 220 g/mol. The molecule has 0 radical (unpaired) electrons. The Bertz CT molecular complexity index is 426. The van der Waals surface area contributed by atoms with Gasteiger partial charge in [-0.25, -0.2) is 4.98 Å². The third-order valence-electron chi connectivity index (χ3n) is 3.02. The van der Waals surface area contributed by atoms with E-state index in [1.54, 1.807) is 0 Å². The van der Waals surface area contributed by atoms with Gasteiger partial charge in [-0.2, -0.15) is 0 Å². The quantitative estimate of drug-likeness (QED) is 0.786. The highest BCUT2D eigenvalue weighted by atomic mass is 16.5. The Balaban J connectivity index is 2.06. The molecule has 1 fully saturated rings. The molecule has 0 bridgehead atoms. The Morgan fingerprint density at radius 3 is 3.24 bits per heavy atom. The van der Waals surface area contributed by atoms with Gasteiger partial charge in [0.25, 0.3) is 5.56 Å². The summed E-state index contributed by atoms with van der Waals surface area (Å²) < 4.78 is 5.43. The standard InChI is InChI=1S/C11H18N4O2/c1-15(5-8-3-2-4-17-6-8)10-9(12)11(16)14-7-13-10/h7-8H,2-6,12H2,1H3,(H,13,14,16). The first-order valence-electron chi connectivity index (χ1n) is 5.80. The number of hydrogen-bond donors (Lipinski definition) is 2. The van der Waals surface area contributed by atoms with Crippen LogP contribution in [-0.2, 0) is 4.74 Å². The predicted octanol–water partition coefficient (Wildman–Crippen LogP) is 0.215. The molecule has 17 heavy (non-hydrogen) atoms. The van der Waals surface area contributed by atoms with Gasteiger partial charge in [-0.05, 0) is 18.8 Å². The maximum absolute atomic E-state index is 11.4. The van der Waals surface area contributed by atoms with Gasteiger partial charge in [-0.15, -0.1) is 0 Å². The normalized spacial score (nSPS) is 20.2. The summed E-state index contributed by atoms with van der Waals surface area (Å²) in [7, 11) is 1.90. The topological polar surface area (TPSA) is 84.2 Å². The maximum atomic E-state index is 11.4.